The summed E-state index contributed by atoms with van der Waals surface area (Å²) in [7, 11) is 1.50. The molecule has 1 aliphatic carbocycles. The molecular formula is C21H23IN2O2. The molecule has 1 fully saturated rings. The molecule has 0 aromatic heterocycles. The Balaban J connectivity index is 1.84. The second-order valence-corrected chi connectivity index (χ2v) is 9.19. The highest BCUT2D eigenvalue weighted by Gasteiger charge is 2.65. The Hall–Kier alpha value is -1.34. The van der Waals surface area contributed by atoms with E-state index in [1.165, 1.54) is 16.2 Å². The highest BCUT2D eigenvalue weighted by Crippen LogP contribution is 2.64. The molecule has 136 valence electrons. The van der Waals surface area contributed by atoms with Crippen LogP contribution < -0.4 is 5.32 Å². The summed E-state index contributed by atoms with van der Waals surface area (Å²) >= 11 is 2.40. The number of methoxy groups -OCH3 is 1. The van der Waals surface area contributed by atoms with Crippen molar-refractivity contribution in [3.63, 3.8) is 0 Å². The van der Waals surface area contributed by atoms with Crippen molar-refractivity contribution in [2.75, 3.05) is 25.5 Å². The van der Waals surface area contributed by atoms with Crippen LogP contribution in [0.2, 0.25) is 0 Å². The number of nitrogens with zero attached hydrogens (tertiary/aromatic N) is 1. The molecule has 3 aliphatic heterocycles. The lowest BCUT2D eigenvalue weighted by atomic mass is 9.55. The van der Waals surface area contributed by atoms with Crippen LogP contribution in [0.1, 0.15) is 31.7 Å². The average molecular weight is 462 g/mol. The summed E-state index contributed by atoms with van der Waals surface area (Å²) in [5.74, 6) is -0.182. The monoisotopic (exact) mass is 462 g/mol. The molecule has 0 amide bonds. The van der Waals surface area contributed by atoms with Crippen LogP contribution in [0.4, 0.5) is 5.69 Å². The fraction of sp³-hybridized carbons (Fsp3) is 0.476. The van der Waals surface area contributed by atoms with E-state index >= 15 is 0 Å². The first kappa shape index (κ1) is 16.8. The number of anilines is 1. The van der Waals surface area contributed by atoms with E-state index in [4.69, 9.17) is 4.74 Å². The molecule has 1 spiro atoms. The molecule has 1 N–H and O–H groups in total. The molecule has 1 saturated heterocycles. The van der Waals surface area contributed by atoms with Crippen molar-refractivity contribution >= 4 is 34.2 Å². The van der Waals surface area contributed by atoms with Crippen molar-refractivity contribution in [1.82, 2.24) is 4.90 Å². The molecule has 1 aromatic rings. The van der Waals surface area contributed by atoms with Crippen molar-refractivity contribution in [3.8, 4) is 0 Å². The van der Waals surface area contributed by atoms with Crippen LogP contribution in [0.25, 0.3) is 0 Å². The number of hydrogen-bond donors (Lipinski definition) is 1. The Morgan fingerprint density at radius 1 is 1.46 bits per heavy atom. The molecule has 4 aliphatic rings. The number of rotatable bonds is 2. The largest absolute Gasteiger partial charge is 0.466 e. The van der Waals surface area contributed by atoms with Crippen molar-refractivity contribution < 1.29 is 9.53 Å². The number of fused-ring (bicyclic) bond motifs is 1. The maximum Gasteiger partial charge on any atom is 0.335 e. The maximum absolute atomic E-state index is 12.8. The number of hydrogen-bond acceptors (Lipinski definition) is 4. The van der Waals surface area contributed by atoms with Gasteiger partial charge in [-0.1, -0.05) is 19.1 Å². The molecule has 0 unspecified atom stereocenters. The molecule has 0 radical (unpaired) electrons. The van der Waals surface area contributed by atoms with E-state index in [0.717, 1.165) is 49.3 Å². The lowest BCUT2D eigenvalue weighted by Crippen LogP contribution is -2.58. The number of nitrogens with one attached hydrogen (secondary N) is 1. The summed E-state index contributed by atoms with van der Waals surface area (Å²) < 4.78 is 6.46. The van der Waals surface area contributed by atoms with E-state index in [9.17, 15) is 4.79 Å². The van der Waals surface area contributed by atoms with Gasteiger partial charge in [0.15, 0.2) is 0 Å². The molecule has 3 atom stereocenters. The number of carbonyl (C=O) groups excluding carboxylic acids is 1. The Morgan fingerprint density at radius 2 is 2.31 bits per heavy atom. The summed E-state index contributed by atoms with van der Waals surface area (Å²) in [5, 5.41) is 3.65. The van der Waals surface area contributed by atoms with Gasteiger partial charge in [-0.3, -0.25) is 4.90 Å². The molecule has 1 aromatic carbocycles. The molecular weight excluding hydrogens is 439 g/mol. The Bertz CT molecular complexity index is 877. The smallest absolute Gasteiger partial charge is 0.335 e. The summed E-state index contributed by atoms with van der Waals surface area (Å²) in [6.45, 7) is 4.34. The first-order valence-electron chi connectivity index (χ1n) is 9.36. The van der Waals surface area contributed by atoms with Gasteiger partial charge in [0, 0.05) is 39.5 Å². The average Bonchev–Trinajstić information content (AvgIpc) is 3.21. The molecule has 3 heterocycles. The zero-order valence-electron chi connectivity index (χ0n) is 15.1. The van der Waals surface area contributed by atoms with Gasteiger partial charge >= 0.3 is 5.97 Å². The van der Waals surface area contributed by atoms with Crippen LogP contribution in [0.15, 0.2) is 41.6 Å². The third kappa shape index (κ3) is 1.91. The van der Waals surface area contributed by atoms with Gasteiger partial charge in [-0.05, 0) is 65.6 Å². The zero-order valence-corrected chi connectivity index (χ0v) is 17.3. The number of carbonyl (C=O) groups is 1. The second-order valence-electron chi connectivity index (χ2n) is 7.94. The SMILES string of the molecule is CC[C@]12C=CCN3CC[C@]4(C(=C(C(=O)OC)C1)Nc1ccc(I)cc14)[C@@H]32. The molecule has 0 bridgehead atoms. The maximum atomic E-state index is 12.8. The topological polar surface area (TPSA) is 41.6 Å². The highest BCUT2D eigenvalue weighted by atomic mass is 127. The van der Waals surface area contributed by atoms with Gasteiger partial charge in [0.05, 0.1) is 18.1 Å². The molecule has 26 heavy (non-hydrogen) atoms. The molecule has 0 saturated carbocycles. The highest BCUT2D eigenvalue weighted by molar-refractivity contribution is 14.1. The van der Waals surface area contributed by atoms with Crippen molar-refractivity contribution in [1.29, 1.82) is 0 Å². The van der Waals surface area contributed by atoms with Crippen LogP contribution in [0.5, 0.6) is 0 Å². The fourth-order valence-electron chi connectivity index (χ4n) is 6.03. The Kier molecular flexibility index (Phi) is 3.61. The predicted octanol–water partition coefficient (Wildman–Crippen LogP) is 3.83. The minimum Gasteiger partial charge on any atom is -0.466 e. The third-order valence-corrected chi connectivity index (χ3v) is 7.70. The summed E-state index contributed by atoms with van der Waals surface area (Å²) in [6.07, 6.45) is 7.53. The molecule has 5 rings (SSSR count). The summed E-state index contributed by atoms with van der Waals surface area (Å²) in [6, 6.07) is 7.03. The second kappa shape index (κ2) is 5.58. The molecule has 4 nitrogen and oxygen atoms in total. The predicted molar refractivity (Wildman–Crippen MR) is 110 cm³/mol. The standard InChI is InChI=1S/C21H23IN2O2/c1-3-20-7-4-9-24-10-8-21(19(20)24)15-11-13(22)5-6-16(15)23-17(21)14(12-20)18(25)26-2/h4-7,11,19,23H,3,8-10,12H2,1-2H3/t19-,20-,21-/m0/s1. The quantitative estimate of drug-likeness (QED) is 0.412. The first-order valence-corrected chi connectivity index (χ1v) is 10.4. The number of halogens is 1. The van der Waals surface area contributed by atoms with Crippen molar-refractivity contribution in [3.05, 3.63) is 50.8 Å². The van der Waals surface area contributed by atoms with Crippen LogP contribution in [-0.2, 0) is 14.9 Å². The van der Waals surface area contributed by atoms with Gasteiger partial charge < -0.3 is 10.1 Å². The minimum absolute atomic E-state index is 0.00760. The summed E-state index contributed by atoms with van der Waals surface area (Å²) in [4.78, 5) is 15.4. The van der Waals surface area contributed by atoms with Gasteiger partial charge in [-0.2, -0.15) is 0 Å². The first-order chi connectivity index (χ1) is 12.6. The van der Waals surface area contributed by atoms with Gasteiger partial charge in [0.2, 0.25) is 0 Å². The molecule has 5 heteroatoms. The van der Waals surface area contributed by atoms with E-state index in [1.807, 2.05) is 0 Å². The van der Waals surface area contributed by atoms with Crippen LogP contribution in [0.3, 0.4) is 0 Å². The van der Waals surface area contributed by atoms with E-state index in [2.05, 4.69) is 70.1 Å². The fourth-order valence-corrected chi connectivity index (χ4v) is 6.52. The van der Waals surface area contributed by atoms with Crippen LogP contribution >= 0.6 is 22.6 Å². The minimum atomic E-state index is -0.182. The van der Waals surface area contributed by atoms with Crippen molar-refractivity contribution in [2.45, 2.75) is 37.6 Å². The Morgan fingerprint density at radius 3 is 3.08 bits per heavy atom. The van der Waals surface area contributed by atoms with Gasteiger partial charge in [0.1, 0.15) is 0 Å². The summed E-state index contributed by atoms with van der Waals surface area (Å²) in [5.41, 5.74) is 4.33. The van der Waals surface area contributed by atoms with Gasteiger partial charge in [-0.15, -0.1) is 0 Å². The normalized spacial score (nSPS) is 34.2. The number of ether oxygens (including phenoxy) is 1. The van der Waals surface area contributed by atoms with Gasteiger partial charge in [0.25, 0.3) is 0 Å². The Labute approximate surface area is 167 Å². The van der Waals surface area contributed by atoms with E-state index < -0.39 is 0 Å². The third-order valence-electron chi connectivity index (χ3n) is 7.03. The van der Waals surface area contributed by atoms with E-state index in [1.54, 1.807) is 0 Å². The van der Waals surface area contributed by atoms with Crippen LogP contribution in [0, 0.1) is 8.99 Å². The number of esters is 1. The number of benzene rings is 1. The lowest BCUT2D eigenvalue weighted by molar-refractivity contribution is -0.137. The van der Waals surface area contributed by atoms with E-state index in [0.29, 0.717) is 6.04 Å². The van der Waals surface area contributed by atoms with Crippen molar-refractivity contribution in [2.24, 2.45) is 5.41 Å². The zero-order chi connectivity index (χ0) is 18.1. The van der Waals surface area contributed by atoms with Crippen LogP contribution in [-0.4, -0.2) is 37.1 Å². The lowest BCUT2D eigenvalue weighted by Gasteiger charge is -2.53. The van der Waals surface area contributed by atoms with Gasteiger partial charge in [-0.25, -0.2) is 4.79 Å². The van der Waals surface area contributed by atoms with E-state index in [-0.39, 0.29) is 16.8 Å².